The van der Waals surface area contributed by atoms with Gasteiger partial charge < -0.3 is 25.4 Å². The molecule has 1 unspecified atom stereocenters. The van der Waals surface area contributed by atoms with Crippen molar-refractivity contribution in [2.75, 3.05) is 43.0 Å². The molecule has 0 saturated carbocycles. The van der Waals surface area contributed by atoms with Crippen molar-refractivity contribution in [3.63, 3.8) is 0 Å². The van der Waals surface area contributed by atoms with E-state index >= 15 is 0 Å². The monoisotopic (exact) mass is 584 g/mol. The Morgan fingerprint density at radius 3 is 2.67 bits per heavy atom. The van der Waals surface area contributed by atoms with Gasteiger partial charge in [-0.15, -0.1) is 6.58 Å². The second kappa shape index (κ2) is 12.3. The summed E-state index contributed by atoms with van der Waals surface area (Å²) in [7, 11) is 0. The largest absolute Gasteiger partial charge is 0.387 e. The number of ether oxygens (including phenoxy) is 1. The molecule has 0 amide bonds. The van der Waals surface area contributed by atoms with Crippen LogP contribution in [0.1, 0.15) is 50.5 Å². The molecule has 1 spiro atoms. The van der Waals surface area contributed by atoms with Crippen LogP contribution in [0.2, 0.25) is 0 Å². The van der Waals surface area contributed by atoms with E-state index in [4.69, 9.17) is 14.7 Å². The van der Waals surface area contributed by atoms with Crippen molar-refractivity contribution in [1.29, 1.82) is 0 Å². The van der Waals surface area contributed by atoms with Crippen LogP contribution >= 0.6 is 0 Å². The number of piperidine rings is 1. The second-order valence-corrected chi connectivity index (χ2v) is 11.1. The molecular formula is C32H40N8O3. The van der Waals surface area contributed by atoms with Crippen LogP contribution in [0.5, 0.6) is 0 Å². The molecule has 3 N–H and O–H groups in total. The molecule has 3 aliphatic rings. The van der Waals surface area contributed by atoms with E-state index in [0.717, 1.165) is 63.3 Å². The number of allylic oxidation sites excluding steroid dienone is 1. The lowest BCUT2D eigenvalue weighted by atomic mass is 9.90. The predicted molar refractivity (Wildman–Crippen MR) is 168 cm³/mol. The van der Waals surface area contributed by atoms with Gasteiger partial charge in [0.15, 0.2) is 11.5 Å². The minimum absolute atomic E-state index is 0.0210. The van der Waals surface area contributed by atoms with E-state index < -0.39 is 6.10 Å². The number of pyridine rings is 1. The average Bonchev–Trinajstić information content (AvgIpc) is 3.55. The van der Waals surface area contributed by atoms with Crippen LogP contribution in [-0.2, 0) is 17.7 Å². The number of nitrogens with zero attached hydrogens (tertiary/aromatic N) is 6. The number of benzene rings is 1. The summed E-state index contributed by atoms with van der Waals surface area (Å²) in [5.74, 6) is 0.892. The number of anilines is 3. The standard InChI is InChI=1S/C30H34N8O3.C2H6/c1-2-14-37-28(40)23-18-32-29(35-27(23)38(37)25-10-4-20-3-9-24(39)26(20)34-25)33-21-5-7-22(8-6-21)36-15-11-30(12-16-36)19-31-13-17-41-30;1-2/h2,4-8,10,18,24,31,39H,1,3,9,11-17,19H2,(H,32,33,35);1-2H3. The fourth-order valence-electron chi connectivity index (χ4n) is 6.23. The summed E-state index contributed by atoms with van der Waals surface area (Å²) in [6.45, 7) is 12.7. The van der Waals surface area contributed by atoms with Crippen molar-refractivity contribution in [2.24, 2.45) is 0 Å². The molecule has 11 heteroatoms. The van der Waals surface area contributed by atoms with Gasteiger partial charge in [-0.2, -0.15) is 4.98 Å². The van der Waals surface area contributed by atoms with Crippen LogP contribution in [0.15, 0.2) is 60.0 Å². The van der Waals surface area contributed by atoms with Crippen LogP contribution in [0.4, 0.5) is 17.3 Å². The molecule has 4 aromatic rings. The Morgan fingerprint density at radius 2 is 1.95 bits per heavy atom. The number of morpholine rings is 1. The van der Waals surface area contributed by atoms with Gasteiger partial charge in [-0.05, 0) is 61.6 Å². The molecule has 2 aliphatic heterocycles. The molecule has 0 bridgehead atoms. The molecule has 1 atom stereocenters. The van der Waals surface area contributed by atoms with Crippen molar-refractivity contribution in [2.45, 2.75) is 57.8 Å². The first-order chi connectivity index (χ1) is 21.0. The molecular weight excluding hydrogens is 544 g/mol. The summed E-state index contributed by atoms with van der Waals surface area (Å²) in [4.78, 5) is 29.6. The van der Waals surface area contributed by atoms with E-state index in [1.54, 1.807) is 17.0 Å². The van der Waals surface area contributed by atoms with Gasteiger partial charge in [0.1, 0.15) is 5.39 Å². The number of rotatable bonds is 6. The lowest BCUT2D eigenvalue weighted by molar-refractivity contribution is -0.0799. The average molecular weight is 585 g/mol. The summed E-state index contributed by atoms with van der Waals surface area (Å²) < 4.78 is 9.36. The number of fused-ring (bicyclic) bond motifs is 2. The minimum atomic E-state index is -0.607. The topological polar surface area (TPSA) is 122 Å². The Labute approximate surface area is 251 Å². The van der Waals surface area contributed by atoms with Crippen LogP contribution in [0.3, 0.4) is 0 Å². The Hall–Kier alpha value is -4.06. The normalized spacial score (nSPS) is 19.1. The first kappa shape index (κ1) is 29.0. The molecule has 0 radical (unpaired) electrons. The van der Waals surface area contributed by atoms with Crippen LogP contribution < -0.4 is 21.1 Å². The molecule has 3 aromatic heterocycles. The van der Waals surface area contributed by atoms with Gasteiger partial charge in [-0.3, -0.25) is 4.79 Å². The van der Waals surface area contributed by atoms with E-state index in [1.807, 2.05) is 38.1 Å². The maximum atomic E-state index is 13.3. The highest BCUT2D eigenvalue weighted by molar-refractivity contribution is 5.77. The summed E-state index contributed by atoms with van der Waals surface area (Å²) >= 11 is 0. The minimum Gasteiger partial charge on any atom is -0.387 e. The van der Waals surface area contributed by atoms with Gasteiger partial charge in [-0.1, -0.05) is 26.0 Å². The summed E-state index contributed by atoms with van der Waals surface area (Å²) in [6, 6.07) is 12.1. The summed E-state index contributed by atoms with van der Waals surface area (Å²) in [6.07, 6.45) is 6.06. The van der Waals surface area contributed by atoms with Gasteiger partial charge in [0, 0.05) is 43.8 Å². The lowest BCUT2D eigenvalue weighted by Crippen LogP contribution is -2.55. The highest BCUT2D eigenvalue weighted by Crippen LogP contribution is 2.32. The SMILES string of the molecule is C=CCn1c(=O)c2cnc(Nc3ccc(N4CCC5(CC4)CNCCO5)cc3)nc2n1-c1ccc2c(n1)C(O)CC2.CC. The first-order valence-electron chi connectivity index (χ1n) is 15.3. The van der Waals surface area contributed by atoms with Gasteiger partial charge >= 0.3 is 0 Å². The molecule has 11 nitrogen and oxygen atoms in total. The Bertz CT molecular complexity index is 1650. The molecule has 1 aliphatic carbocycles. The number of aliphatic hydroxyl groups is 1. The molecule has 1 aromatic carbocycles. The zero-order valence-electron chi connectivity index (χ0n) is 24.9. The lowest BCUT2D eigenvalue weighted by Gasteiger charge is -2.44. The van der Waals surface area contributed by atoms with E-state index in [1.165, 1.54) is 10.4 Å². The quantitative estimate of drug-likeness (QED) is 0.290. The Balaban J connectivity index is 0.00000161. The fourth-order valence-corrected chi connectivity index (χ4v) is 6.23. The second-order valence-electron chi connectivity index (χ2n) is 11.1. The number of hydrogen-bond acceptors (Lipinski definition) is 9. The van der Waals surface area contributed by atoms with E-state index in [9.17, 15) is 9.90 Å². The van der Waals surface area contributed by atoms with Crippen LogP contribution in [-0.4, -0.2) is 67.8 Å². The third-order valence-corrected chi connectivity index (χ3v) is 8.49. The fraction of sp³-hybridized carbons (Fsp3) is 0.438. The van der Waals surface area contributed by atoms with Crippen LogP contribution in [0.25, 0.3) is 16.9 Å². The van der Waals surface area contributed by atoms with E-state index in [-0.39, 0.29) is 17.7 Å². The number of aromatic nitrogens is 5. The number of hydrogen-bond donors (Lipinski definition) is 3. The number of aryl methyl sites for hydroxylation is 1. The van der Waals surface area contributed by atoms with Crippen molar-refractivity contribution < 1.29 is 9.84 Å². The van der Waals surface area contributed by atoms with Gasteiger partial charge in [0.25, 0.3) is 5.56 Å². The smallest absolute Gasteiger partial charge is 0.278 e. The van der Waals surface area contributed by atoms with Gasteiger partial charge in [-0.25, -0.2) is 19.3 Å². The highest BCUT2D eigenvalue weighted by Gasteiger charge is 2.37. The third kappa shape index (κ3) is 5.55. The van der Waals surface area contributed by atoms with Crippen LogP contribution in [0, 0.1) is 0 Å². The van der Waals surface area contributed by atoms with E-state index in [0.29, 0.717) is 34.9 Å². The number of aliphatic hydroxyl groups excluding tert-OH is 1. The molecule has 7 rings (SSSR count). The molecule has 5 heterocycles. The molecule has 2 saturated heterocycles. The summed E-state index contributed by atoms with van der Waals surface area (Å²) in [5, 5.41) is 17.6. The van der Waals surface area contributed by atoms with Crippen molar-refractivity contribution in [3.8, 4) is 5.82 Å². The Morgan fingerprint density at radius 1 is 1.16 bits per heavy atom. The van der Waals surface area contributed by atoms with Gasteiger partial charge in [0.05, 0.1) is 30.6 Å². The zero-order chi connectivity index (χ0) is 30.0. The molecule has 2 fully saturated rings. The molecule has 43 heavy (non-hydrogen) atoms. The summed E-state index contributed by atoms with van der Waals surface area (Å²) in [5.41, 5.74) is 3.89. The first-order valence-corrected chi connectivity index (χ1v) is 15.3. The van der Waals surface area contributed by atoms with E-state index in [2.05, 4.69) is 39.2 Å². The van der Waals surface area contributed by atoms with Crippen molar-refractivity contribution >= 4 is 28.4 Å². The van der Waals surface area contributed by atoms with Gasteiger partial charge in [0.2, 0.25) is 5.95 Å². The van der Waals surface area contributed by atoms with Crippen molar-refractivity contribution in [1.82, 2.24) is 29.6 Å². The number of nitrogens with one attached hydrogen (secondary N) is 2. The zero-order valence-corrected chi connectivity index (χ0v) is 24.9. The highest BCUT2D eigenvalue weighted by atomic mass is 16.5. The predicted octanol–water partition coefficient (Wildman–Crippen LogP) is 3.87. The molecule has 226 valence electrons. The maximum absolute atomic E-state index is 13.3. The maximum Gasteiger partial charge on any atom is 0.278 e. The van der Waals surface area contributed by atoms with Crippen molar-refractivity contribution in [3.05, 3.63) is 76.9 Å². The Kier molecular flexibility index (Phi) is 8.29. The third-order valence-electron chi connectivity index (χ3n) is 8.49.